The molecule has 2 amide bonds. The number of hydrazine groups is 1. The van der Waals surface area contributed by atoms with Crippen molar-refractivity contribution in [2.45, 2.75) is 45.4 Å². The number of unbranched alkanes of at least 4 members (excludes halogenated alkanes) is 3. The van der Waals surface area contributed by atoms with E-state index in [0.717, 1.165) is 12.8 Å². The molecule has 0 bridgehead atoms. The Balaban J connectivity index is 1.68. The third-order valence-corrected chi connectivity index (χ3v) is 5.61. The predicted octanol–water partition coefficient (Wildman–Crippen LogP) is 6.34. The van der Waals surface area contributed by atoms with Gasteiger partial charge in [-0.15, -0.1) is 0 Å². The number of carbonyl (C=O) groups excluding carboxylic acids is 2. The molecular formula is C23H27BrCl2N2O4. The quantitative estimate of drug-likeness (QED) is 0.241. The van der Waals surface area contributed by atoms with Gasteiger partial charge in [0.05, 0.1) is 22.7 Å². The molecule has 0 saturated heterocycles. The molecule has 0 saturated carbocycles. The zero-order valence-electron chi connectivity index (χ0n) is 17.9. The van der Waals surface area contributed by atoms with Crippen LogP contribution < -0.4 is 20.3 Å². The van der Waals surface area contributed by atoms with E-state index in [4.69, 9.17) is 32.7 Å². The Bertz CT molecular complexity index is 912. The molecule has 6 nitrogen and oxygen atoms in total. The number of nitrogens with one attached hydrogen (secondary N) is 2. The zero-order valence-corrected chi connectivity index (χ0v) is 21.0. The number of amides is 2. The van der Waals surface area contributed by atoms with Crippen molar-refractivity contribution >= 4 is 50.9 Å². The zero-order chi connectivity index (χ0) is 23.3. The molecule has 0 aliphatic heterocycles. The van der Waals surface area contributed by atoms with Crippen molar-refractivity contribution < 1.29 is 19.1 Å². The third-order valence-electron chi connectivity index (χ3n) is 4.46. The summed E-state index contributed by atoms with van der Waals surface area (Å²) in [5, 5.41) is 0.933. The molecule has 0 radical (unpaired) electrons. The molecule has 0 aliphatic rings. The lowest BCUT2D eigenvalue weighted by Crippen LogP contribution is -2.41. The first kappa shape index (κ1) is 26.3. The van der Waals surface area contributed by atoms with Crippen molar-refractivity contribution in [1.82, 2.24) is 10.9 Å². The largest absolute Gasteiger partial charge is 0.492 e. The van der Waals surface area contributed by atoms with Crippen LogP contribution in [0.25, 0.3) is 0 Å². The Hall–Kier alpha value is -1.96. The Morgan fingerprint density at radius 3 is 2.34 bits per heavy atom. The van der Waals surface area contributed by atoms with Gasteiger partial charge in [-0.25, -0.2) is 0 Å². The van der Waals surface area contributed by atoms with Crippen LogP contribution in [0.4, 0.5) is 0 Å². The van der Waals surface area contributed by atoms with E-state index >= 15 is 0 Å². The first-order chi connectivity index (χ1) is 15.4. The molecule has 0 spiro atoms. The lowest BCUT2D eigenvalue weighted by Gasteiger charge is -2.11. The highest BCUT2D eigenvalue weighted by Gasteiger charge is 2.11. The molecule has 2 N–H and O–H groups in total. The normalized spacial score (nSPS) is 10.5. The van der Waals surface area contributed by atoms with Crippen molar-refractivity contribution in [2.24, 2.45) is 0 Å². The molecule has 0 heterocycles. The average molecular weight is 546 g/mol. The highest BCUT2D eigenvalue weighted by atomic mass is 79.9. The predicted molar refractivity (Wildman–Crippen MR) is 131 cm³/mol. The number of rotatable bonds is 12. The van der Waals surface area contributed by atoms with Gasteiger partial charge in [-0.2, -0.15) is 0 Å². The summed E-state index contributed by atoms with van der Waals surface area (Å²) in [6, 6.07) is 9.98. The van der Waals surface area contributed by atoms with Crippen molar-refractivity contribution in [1.29, 1.82) is 0 Å². The standard InChI is InChI=1S/C23H27BrCl2N2O4/c1-2-3-4-5-12-31-20-10-8-16(14-18(20)24)23(30)28-27-22(29)7-6-13-32-21-11-9-17(25)15-19(21)26/h8-11,14-15H,2-7,12-13H2,1H3,(H,27,29)(H,28,30). The first-order valence-corrected chi connectivity index (χ1v) is 12.0. The van der Waals surface area contributed by atoms with Gasteiger partial charge in [0.2, 0.25) is 5.91 Å². The highest BCUT2D eigenvalue weighted by Crippen LogP contribution is 2.28. The van der Waals surface area contributed by atoms with Crippen LogP contribution >= 0.6 is 39.1 Å². The van der Waals surface area contributed by atoms with Crippen LogP contribution in [-0.4, -0.2) is 25.0 Å². The van der Waals surface area contributed by atoms with Gasteiger partial charge < -0.3 is 9.47 Å². The average Bonchev–Trinajstić information content (AvgIpc) is 2.77. The van der Waals surface area contributed by atoms with Gasteiger partial charge in [0, 0.05) is 17.0 Å². The minimum absolute atomic E-state index is 0.181. The van der Waals surface area contributed by atoms with Crippen LogP contribution in [0.2, 0.25) is 10.0 Å². The van der Waals surface area contributed by atoms with Gasteiger partial charge in [-0.05, 0) is 65.2 Å². The van der Waals surface area contributed by atoms with E-state index < -0.39 is 5.91 Å². The highest BCUT2D eigenvalue weighted by molar-refractivity contribution is 9.10. The van der Waals surface area contributed by atoms with E-state index in [1.165, 1.54) is 12.8 Å². The number of ether oxygens (including phenoxy) is 2. The maximum atomic E-state index is 12.3. The summed E-state index contributed by atoms with van der Waals surface area (Å²) in [7, 11) is 0. The van der Waals surface area contributed by atoms with E-state index in [0.29, 0.717) is 51.2 Å². The fourth-order valence-electron chi connectivity index (χ4n) is 2.74. The van der Waals surface area contributed by atoms with Crippen LogP contribution in [0.1, 0.15) is 55.8 Å². The Labute approximate surface area is 207 Å². The fraction of sp³-hybridized carbons (Fsp3) is 0.391. The molecule has 0 unspecified atom stereocenters. The van der Waals surface area contributed by atoms with E-state index in [9.17, 15) is 9.59 Å². The van der Waals surface area contributed by atoms with E-state index in [1.54, 1.807) is 36.4 Å². The molecule has 0 atom stereocenters. The van der Waals surface area contributed by atoms with E-state index in [-0.39, 0.29) is 12.3 Å². The fourth-order valence-corrected chi connectivity index (χ4v) is 3.69. The number of halogens is 3. The van der Waals surface area contributed by atoms with Crippen LogP contribution in [0.3, 0.4) is 0 Å². The van der Waals surface area contributed by atoms with Crippen molar-refractivity contribution in [3.8, 4) is 11.5 Å². The van der Waals surface area contributed by atoms with Crippen LogP contribution in [0, 0.1) is 0 Å². The smallest absolute Gasteiger partial charge is 0.269 e. The summed E-state index contributed by atoms with van der Waals surface area (Å²) >= 11 is 15.3. The molecule has 0 fully saturated rings. The Morgan fingerprint density at radius 2 is 1.62 bits per heavy atom. The molecule has 2 aromatic rings. The molecule has 174 valence electrons. The second kappa shape index (κ2) is 14.2. The summed E-state index contributed by atoms with van der Waals surface area (Å²) in [5.41, 5.74) is 5.21. The lowest BCUT2D eigenvalue weighted by molar-refractivity contribution is -0.122. The maximum absolute atomic E-state index is 12.3. The topological polar surface area (TPSA) is 76.7 Å². The maximum Gasteiger partial charge on any atom is 0.269 e. The number of carbonyl (C=O) groups is 2. The second-order valence-electron chi connectivity index (χ2n) is 7.08. The molecule has 0 aliphatic carbocycles. The summed E-state index contributed by atoms with van der Waals surface area (Å²) in [5.74, 6) is 0.444. The molecule has 32 heavy (non-hydrogen) atoms. The van der Waals surface area contributed by atoms with Gasteiger partial charge in [0.25, 0.3) is 5.91 Å². The van der Waals surface area contributed by atoms with Crippen LogP contribution in [0.15, 0.2) is 40.9 Å². The van der Waals surface area contributed by atoms with Crippen molar-refractivity contribution in [3.63, 3.8) is 0 Å². The van der Waals surface area contributed by atoms with Crippen LogP contribution in [-0.2, 0) is 4.79 Å². The number of hydrogen-bond acceptors (Lipinski definition) is 4. The van der Waals surface area contributed by atoms with E-state index in [2.05, 4.69) is 33.7 Å². The minimum atomic E-state index is -0.419. The SMILES string of the molecule is CCCCCCOc1ccc(C(=O)NNC(=O)CCCOc2ccc(Cl)cc2Cl)cc1Br. The summed E-state index contributed by atoms with van der Waals surface area (Å²) in [6.45, 7) is 3.10. The molecule has 0 aromatic heterocycles. The molecule has 2 aromatic carbocycles. The monoisotopic (exact) mass is 544 g/mol. The van der Waals surface area contributed by atoms with Crippen molar-refractivity contribution in [2.75, 3.05) is 13.2 Å². The number of hydrogen-bond donors (Lipinski definition) is 2. The molecule has 2 rings (SSSR count). The second-order valence-corrected chi connectivity index (χ2v) is 8.78. The van der Waals surface area contributed by atoms with E-state index in [1.807, 2.05) is 0 Å². The van der Waals surface area contributed by atoms with Crippen molar-refractivity contribution in [3.05, 3.63) is 56.5 Å². The van der Waals surface area contributed by atoms with Crippen LogP contribution in [0.5, 0.6) is 11.5 Å². The molecular weight excluding hydrogens is 519 g/mol. The van der Waals surface area contributed by atoms with Gasteiger partial charge in [0.1, 0.15) is 11.5 Å². The first-order valence-electron chi connectivity index (χ1n) is 10.5. The Kier molecular flexibility index (Phi) is 11.7. The summed E-state index contributed by atoms with van der Waals surface area (Å²) in [6.07, 6.45) is 5.13. The number of benzene rings is 2. The summed E-state index contributed by atoms with van der Waals surface area (Å²) < 4.78 is 12.0. The molecule has 9 heteroatoms. The third kappa shape index (κ3) is 9.27. The lowest BCUT2D eigenvalue weighted by atomic mass is 10.2. The Morgan fingerprint density at radius 1 is 0.906 bits per heavy atom. The summed E-state index contributed by atoms with van der Waals surface area (Å²) in [4.78, 5) is 24.2. The van der Waals surface area contributed by atoms with Gasteiger partial charge >= 0.3 is 0 Å². The minimum Gasteiger partial charge on any atom is -0.492 e. The van der Waals surface area contributed by atoms with Gasteiger partial charge in [-0.3, -0.25) is 20.4 Å². The van der Waals surface area contributed by atoms with Gasteiger partial charge in [0.15, 0.2) is 0 Å². The van der Waals surface area contributed by atoms with Gasteiger partial charge in [-0.1, -0.05) is 49.4 Å².